The van der Waals surface area contributed by atoms with Gasteiger partial charge in [0.1, 0.15) is 12.2 Å². The summed E-state index contributed by atoms with van der Waals surface area (Å²) in [5, 5.41) is 4.99. The van der Waals surface area contributed by atoms with Gasteiger partial charge in [-0.05, 0) is 30.9 Å². The summed E-state index contributed by atoms with van der Waals surface area (Å²) < 4.78 is 7.54. The summed E-state index contributed by atoms with van der Waals surface area (Å²) in [6.07, 6.45) is 7.79. The van der Waals surface area contributed by atoms with Gasteiger partial charge >= 0.3 is 0 Å². The zero-order valence-corrected chi connectivity index (χ0v) is 16.3. The Hall–Kier alpha value is -3.13. The number of ether oxygens (including phenoxy) is 1. The van der Waals surface area contributed by atoms with Gasteiger partial charge in [-0.2, -0.15) is 10.1 Å². The monoisotopic (exact) mass is 410 g/mol. The minimum atomic E-state index is -0.251. The van der Waals surface area contributed by atoms with E-state index in [4.69, 9.17) is 22.1 Å². The molecule has 3 aromatic rings. The molecular formula is C20H19ClN6O2. The molecule has 2 aliphatic rings. The van der Waals surface area contributed by atoms with Crippen LogP contribution in [0.15, 0.2) is 36.8 Å². The molecule has 2 N–H and O–H groups in total. The molecule has 0 bridgehead atoms. The number of hydrogen-bond acceptors (Lipinski definition) is 6. The number of nitrogen functional groups attached to an aromatic ring is 1. The molecule has 2 aromatic heterocycles. The Kier molecular flexibility index (Phi) is 4.35. The van der Waals surface area contributed by atoms with Crippen LogP contribution in [0.5, 0.6) is 5.88 Å². The van der Waals surface area contributed by atoms with Crippen LogP contribution in [0.4, 0.5) is 11.6 Å². The van der Waals surface area contributed by atoms with Crippen LogP contribution in [0.2, 0.25) is 5.02 Å². The highest BCUT2D eigenvalue weighted by Crippen LogP contribution is 2.34. The number of aromatic nitrogens is 4. The number of halogens is 1. The predicted molar refractivity (Wildman–Crippen MR) is 109 cm³/mol. The molecule has 1 saturated carbocycles. The van der Waals surface area contributed by atoms with Gasteiger partial charge in [0, 0.05) is 35.8 Å². The fourth-order valence-corrected chi connectivity index (χ4v) is 3.72. The first-order valence-electron chi connectivity index (χ1n) is 9.48. The maximum atomic E-state index is 13.0. The van der Waals surface area contributed by atoms with Crippen LogP contribution >= 0.6 is 11.6 Å². The lowest BCUT2D eigenvalue weighted by Crippen LogP contribution is -2.32. The summed E-state index contributed by atoms with van der Waals surface area (Å²) in [5.41, 5.74) is 8.40. The molecule has 8 nitrogen and oxygen atoms in total. The SMILES string of the molecule is Nc1ncc2c(n1)OCCN(c1ccc(-c3cnn(CC4CC4)c3)c(Cl)c1)C2=O. The molecule has 29 heavy (non-hydrogen) atoms. The zero-order chi connectivity index (χ0) is 20.0. The standard InChI is InChI=1S/C20H19ClN6O2/c21-17-7-14(3-4-15(17)13-8-24-26(11-13)10-12-1-2-12)27-5-6-29-18-16(19(27)28)9-23-20(22)25-18/h3-4,7-9,11-12H,1-2,5-6,10H2,(H2,22,23,25). The third kappa shape index (κ3) is 3.51. The Morgan fingerprint density at radius 2 is 2.10 bits per heavy atom. The van der Waals surface area contributed by atoms with Gasteiger partial charge in [-0.1, -0.05) is 17.7 Å². The van der Waals surface area contributed by atoms with Crippen LogP contribution in [-0.2, 0) is 6.54 Å². The van der Waals surface area contributed by atoms with Gasteiger partial charge in [-0.3, -0.25) is 9.48 Å². The van der Waals surface area contributed by atoms with Gasteiger partial charge in [-0.15, -0.1) is 0 Å². The molecule has 1 aromatic carbocycles. The van der Waals surface area contributed by atoms with Crippen LogP contribution in [0.25, 0.3) is 11.1 Å². The maximum absolute atomic E-state index is 13.0. The van der Waals surface area contributed by atoms with Crippen LogP contribution in [-0.4, -0.2) is 38.8 Å². The molecule has 0 unspecified atom stereocenters. The highest BCUT2D eigenvalue weighted by molar-refractivity contribution is 6.33. The quantitative estimate of drug-likeness (QED) is 0.709. The average molecular weight is 411 g/mol. The van der Waals surface area contributed by atoms with Crippen molar-refractivity contribution in [1.29, 1.82) is 0 Å². The molecule has 1 aliphatic heterocycles. The summed E-state index contributed by atoms with van der Waals surface area (Å²) in [4.78, 5) is 22.5. The Morgan fingerprint density at radius 1 is 1.24 bits per heavy atom. The average Bonchev–Trinajstić information content (AvgIpc) is 3.42. The minimum Gasteiger partial charge on any atom is -0.475 e. The van der Waals surface area contributed by atoms with Crippen LogP contribution < -0.4 is 15.4 Å². The molecule has 0 saturated heterocycles. The summed E-state index contributed by atoms with van der Waals surface area (Å²) in [5.74, 6) is 0.771. The number of hydrogen-bond donors (Lipinski definition) is 1. The largest absolute Gasteiger partial charge is 0.475 e. The Morgan fingerprint density at radius 3 is 2.90 bits per heavy atom. The molecule has 1 aliphatic carbocycles. The smallest absolute Gasteiger partial charge is 0.265 e. The molecule has 0 atom stereocenters. The second-order valence-electron chi connectivity index (χ2n) is 7.31. The first kappa shape index (κ1) is 17.9. The molecule has 1 amide bonds. The summed E-state index contributed by atoms with van der Waals surface area (Å²) >= 11 is 6.57. The van der Waals surface area contributed by atoms with Crippen LogP contribution in [0, 0.1) is 5.92 Å². The van der Waals surface area contributed by atoms with E-state index in [0.29, 0.717) is 23.9 Å². The fraction of sp³-hybridized carbons (Fsp3) is 0.300. The van der Waals surface area contributed by atoms with E-state index >= 15 is 0 Å². The lowest BCUT2D eigenvalue weighted by Gasteiger charge is -2.20. The fourth-order valence-electron chi connectivity index (χ4n) is 3.44. The zero-order valence-electron chi connectivity index (χ0n) is 15.6. The van der Waals surface area contributed by atoms with E-state index in [9.17, 15) is 4.79 Å². The van der Waals surface area contributed by atoms with Crippen molar-refractivity contribution in [2.75, 3.05) is 23.8 Å². The van der Waals surface area contributed by atoms with Crippen molar-refractivity contribution in [1.82, 2.24) is 19.7 Å². The summed E-state index contributed by atoms with van der Waals surface area (Å²) in [6, 6.07) is 5.58. The first-order valence-corrected chi connectivity index (χ1v) is 9.86. The van der Waals surface area contributed by atoms with E-state index in [-0.39, 0.29) is 23.3 Å². The van der Waals surface area contributed by atoms with Gasteiger partial charge in [-0.25, -0.2) is 4.98 Å². The number of benzene rings is 1. The minimum absolute atomic E-state index is 0.0691. The molecule has 5 rings (SSSR count). The molecular weight excluding hydrogens is 392 g/mol. The summed E-state index contributed by atoms with van der Waals surface area (Å²) in [7, 11) is 0. The van der Waals surface area contributed by atoms with E-state index in [1.807, 2.05) is 29.2 Å². The first-order chi connectivity index (χ1) is 14.1. The van der Waals surface area contributed by atoms with Gasteiger partial charge in [0.05, 0.1) is 17.8 Å². The van der Waals surface area contributed by atoms with Crippen molar-refractivity contribution < 1.29 is 9.53 Å². The number of anilines is 2. The second-order valence-corrected chi connectivity index (χ2v) is 7.72. The van der Waals surface area contributed by atoms with Gasteiger partial charge in [0.2, 0.25) is 11.8 Å². The third-order valence-corrected chi connectivity index (χ3v) is 5.47. The number of carbonyl (C=O) groups is 1. The number of fused-ring (bicyclic) bond motifs is 1. The normalized spacial score (nSPS) is 16.3. The third-order valence-electron chi connectivity index (χ3n) is 5.15. The number of nitrogens with zero attached hydrogens (tertiary/aromatic N) is 5. The lowest BCUT2D eigenvalue weighted by molar-refractivity contribution is 0.0989. The van der Waals surface area contributed by atoms with E-state index < -0.39 is 0 Å². The maximum Gasteiger partial charge on any atom is 0.265 e. The molecule has 0 radical (unpaired) electrons. The van der Waals surface area contributed by atoms with Crippen LogP contribution in [0.1, 0.15) is 23.2 Å². The Labute approximate surface area is 172 Å². The highest BCUT2D eigenvalue weighted by Gasteiger charge is 2.27. The topological polar surface area (TPSA) is 99.2 Å². The molecule has 9 heteroatoms. The van der Waals surface area contributed by atoms with E-state index in [0.717, 1.165) is 23.6 Å². The summed E-state index contributed by atoms with van der Waals surface area (Å²) in [6.45, 7) is 1.61. The van der Waals surface area contributed by atoms with Gasteiger partial charge in [0.15, 0.2) is 0 Å². The van der Waals surface area contributed by atoms with Crippen molar-refractivity contribution in [3.63, 3.8) is 0 Å². The predicted octanol–water partition coefficient (Wildman–Crippen LogP) is 3.02. The number of nitrogens with two attached hydrogens (primary N) is 1. The van der Waals surface area contributed by atoms with Crippen molar-refractivity contribution in [3.8, 4) is 17.0 Å². The van der Waals surface area contributed by atoms with E-state index in [1.165, 1.54) is 19.0 Å². The highest BCUT2D eigenvalue weighted by atomic mass is 35.5. The number of rotatable bonds is 4. The van der Waals surface area contributed by atoms with Crippen molar-refractivity contribution in [2.45, 2.75) is 19.4 Å². The number of amides is 1. The Balaban J connectivity index is 1.42. The lowest BCUT2D eigenvalue weighted by atomic mass is 10.1. The van der Waals surface area contributed by atoms with Crippen molar-refractivity contribution in [2.24, 2.45) is 5.92 Å². The van der Waals surface area contributed by atoms with E-state index in [2.05, 4.69) is 15.1 Å². The number of carbonyl (C=O) groups excluding carboxylic acids is 1. The molecule has 1 fully saturated rings. The van der Waals surface area contributed by atoms with Gasteiger partial charge < -0.3 is 15.4 Å². The molecule has 3 heterocycles. The van der Waals surface area contributed by atoms with Crippen LogP contribution in [0.3, 0.4) is 0 Å². The van der Waals surface area contributed by atoms with Crippen molar-refractivity contribution in [3.05, 3.63) is 47.4 Å². The van der Waals surface area contributed by atoms with E-state index in [1.54, 1.807) is 11.0 Å². The van der Waals surface area contributed by atoms with Gasteiger partial charge in [0.25, 0.3) is 5.91 Å². The molecule has 148 valence electrons. The molecule has 0 spiro atoms. The van der Waals surface area contributed by atoms with Crippen molar-refractivity contribution >= 4 is 29.1 Å². The second kappa shape index (κ2) is 7.04. The Bertz CT molecular complexity index is 1090.